The number of benzene rings is 3. The third-order valence-electron chi connectivity index (χ3n) is 8.85. The van der Waals surface area contributed by atoms with Crippen molar-refractivity contribution in [3.8, 4) is 17.9 Å². The van der Waals surface area contributed by atoms with Crippen LogP contribution in [0.1, 0.15) is 100 Å². The van der Waals surface area contributed by atoms with Gasteiger partial charge >= 0.3 is 0 Å². The first-order chi connectivity index (χ1) is 21.0. The second-order valence-corrected chi connectivity index (χ2v) is 11.9. The smallest absolute Gasteiger partial charge is 0.0672 e. The SMILES string of the molecule is C=C(CC[C@H]1[C@@H](c2ccc(C#Cc3ccccc3)cc2)CN1CC(C#N)C(C)CC)Cc1ccc(CCCC)cc1.CC. The Morgan fingerprint density at radius 1 is 0.907 bits per heavy atom. The predicted octanol–water partition coefficient (Wildman–Crippen LogP) is 9.99. The van der Waals surface area contributed by atoms with Gasteiger partial charge in [0.2, 0.25) is 0 Å². The molecule has 226 valence electrons. The summed E-state index contributed by atoms with van der Waals surface area (Å²) < 4.78 is 0. The van der Waals surface area contributed by atoms with Crippen LogP contribution in [0.5, 0.6) is 0 Å². The molecule has 2 heteroatoms. The van der Waals surface area contributed by atoms with Crippen LogP contribution in [0.15, 0.2) is 91.0 Å². The predicted molar refractivity (Wildman–Crippen MR) is 184 cm³/mol. The van der Waals surface area contributed by atoms with E-state index in [4.69, 9.17) is 0 Å². The first-order valence-electron chi connectivity index (χ1n) is 16.6. The van der Waals surface area contributed by atoms with Crippen LogP contribution in [0.2, 0.25) is 0 Å². The molecular formula is C41H52N2. The Morgan fingerprint density at radius 3 is 2.14 bits per heavy atom. The van der Waals surface area contributed by atoms with Crippen molar-refractivity contribution in [2.45, 2.75) is 91.5 Å². The number of unbranched alkanes of at least 4 members (excludes halogenated alkanes) is 1. The number of nitriles is 1. The number of rotatable bonds is 13. The van der Waals surface area contributed by atoms with Gasteiger partial charge in [0.05, 0.1) is 12.0 Å². The summed E-state index contributed by atoms with van der Waals surface area (Å²) >= 11 is 0. The van der Waals surface area contributed by atoms with E-state index in [1.54, 1.807) is 0 Å². The quantitative estimate of drug-likeness (QED) is 0.150. The minimum absolute atomic E-state index is 0.0773. The lowest BCUT2D eigenvalue weighted by atomic mass is 9.78. The van der Waals surface area contributed by atoms with Crippen molar-refractivity contribution in [2.75, 3.05) is 13.1 Å². The fraction of sp³-hybridized carbons (Fsp3) is 0.439. The Labute approximate surface area is 262 Å². The molecule has 3 aromatic carbocycles. The van der Waals surface area contributed by atoms with E-state index in [9.17, 15) is 5.26 Å². The molecule has 4 atom stereocenters. The molecule has 1 aliphatic rings. The van der Waals surface area contributed by atoms with Crippen molar-refractivity contribution in [2.24, 2.45) is 11.8 Å². The molecule has 4 rings (SSSR count). The summed E-state index contributed by atoms with van der Waals surface area (Å²) in [5.41, 5.74) is 7.53. The fourth-order valence-corrected chi connectivity index (χ4v) is 5.85. The summed E-state index contributed by atoms with van der Waals surface area (Å²) in [4.78, 5) is 2.56. The van der Waals surface area contributed by atoms with Gasteiger partial charge in [-0.3, -0.25) is 4.90 Å². The highest BCUT2D eigenvalue weighted by molar-refractivity contribution is 5.44. The number of aryl methyl sites for hydroxylation is 1. The molecule has 0 spiro atoms. The van der Waals surface area contributed by atoms with E-state index in [2.05, 4.69) is 98.7 Å². The highest BCUT2D eigenvalue weighted by Gasteiger charge is 2.40. The summed E-state index contributed by atoms with van der Waals surface area (Å²) in [6.07, 6.45) is 7.71. The average Bonchev–Trinajstić information content (AvgIpc) is 3.04. The van der Waals surface area contributed by atoms with Gasteiger partial charge < -0.3 is 0 Å². The van der Waals surface area contributed by atoms with Crippen molar-refractivity contribution >= 4 is 0 Å². The molecule has 2 unspecified atom stereocenters. The van der Waals surface area contributed by atoms with E-state index in [-0.39, 0.29) is 5.92 Å². The maximum Gasteiger partial charge on any atom is 0.0672 e. The molecule has 0 radical (unpaired) electrons. The fourth-order valence-electron chi connectivity index (χ4n) is 5.85. The Morgan fingerprint density at radius 2 is 1.53 bits per heavy atom. The van der Waals surface area contributed by atoms with Crippen LogP contribution in [-0.2, 0) is 12.8 Å². The lowest BCUT2D eigenvalue weighted by molar-refractivity contribution is 0.0373. The standard InChI is InChI=1S/C39H46N2.C2H6/c1-5-7-11-33-17-19-35(20-18-33)26-30(3)14-25-39-38(29-41(39)28-37(27-40)31(4)6-2)36-23-21-34(22-24-36)16-15-32-12-9-8-10-13-32;1-2/h8-10,12-13,17-24,31,37-39H,3,5-7,11,14,25-26,28-29H2,1-2,4H3;1-2H3/t31?,37?,38-,39+;/m1./s1. The number of hydrogen-bond acceptors (Lipinski definition) is 2. The zero-order valence-corrected chi connectivity index (χ0v) is 27.3. The highest BCUT2D eigenvalue weighted by Crippen LogP contribution is 2.39. The molecular weight excluding hydrogens is 520 g/mol. The molecule has 3 aromatic rings. The van der Waals surface area contributed by atoms with Crippen molar-refractivity contribution in [1.82, 2.24) is 4.90 Å². The van der Waals surface area contributed by atoms with E-state index in [0.29, 0.717) is 17.9 Å². The van der Waals surface area contributed by atoms with Crippen LogP contribution in [0.25, 0.3) is 0 Å². The number of allylic oxidation sites excluding steroid dienone is 1. The van der Waals surface area contributed by atoms with Crippen LogP contribution in [0.3, 0.4) is 0 Å². The lowest BCUT2D eigenvalue weighted by Crippen LogP contribution is -2.56. The normalized spacial score (nSPS) is 17.2. The van der Waals surface area contributed by atoms with Gasteiger partial charge in [-0.1, -0.05) is 126 Å². The van der Waals surface area contributed by atoms with Crippen LogP contribution >= 0.6 is 0 Å². The van der Waals surface area contributed by atoms with E-state index in [1.165, 1.54) is 35.1 Å². The van der Waals surface area contributed by atoms with Gasteiger partial charge in [0.1, 0.15) is 0 Å². The van der Waals surface area contributed by atoms with Crippen LogP contribution in [0.4, 0.5) is 0 Å². The molecule has 1 saturated heterocycles. The summed E-state index contributed by atoms with van der Waals surface area (Å²) in [7, 11) is 0. The number of likely N-dealkylation sites (tertiary alicyclic amines) is 1. The first-order valence-corrected chi connectivity index (χ1v) is 16.6. The van der Waals surface area contributed by atoms with Crippen molar-refractivity contribution in [1.29, 1.82) is 5.26 Å². The molecule has 0 bridgehead atoms. The third-order valence-corrected chi connectivity index (χ3v) is 8.85. The third kappa shape index (κ3) is 10.3. The van der Waals surface area contributed by atoms with Gasteiger partial charge in [0.25, 0.3) is 0 Å². The molecule has 0 amide bonds. The van der Waals surface area contributed by atoms with Gasteiger partial charge in [-0.2, -0.15) is 5.26 Å². The van der Waals surface area contributed by atoms with Crippen LogP contribution in [-0.4, -0.2) is 24.0 Å². The maximum absolute atomic E-state index is 9.87. The zero-order valence-electron chi connectivity index (χ0n) is 27.3. The van der Waals surface area contributed by atoms with Gasteiger partial charge in [-0.05, 0) is 79.0 Å². The van der Waals surface area contributed by atoms with Crippen molar-refractivity contribution < 1.29 is 0 Å². The van der Waals surface area contributed by atoms with Gasteiger partial charge in [0.15, 0.2) is 0 Å². The Balaban J connectivity index is 0.00000248. The first kappa shape index (κ1) is 33.9. The molecule has 0 N–H and O–H groups in total. The molecule has 1 fully saturated rings. The van der Waals surface area contributed by atoms with Crippen LogP contribution in [0, 0.1) is 35.0 Å². The summed E-state index contributed by atoms with van der Waals surface area (Å²) in [6.45, 7) is 17.0. The largest absolute Gasteiger partial charge is 0.298 e. The van der Waals surface area contributed by atoms with E-state index in [1.807, 2.05) is 44.2 Å². The molecule has 1 heterocycles. The van der Waals surface area contributed by atoms with Gasteiger partial charge in [0, 0.05) is 36.2 Å². The molecule has 2 nitrogen and oxygen atoms in total. The molecule has 43 heavy (non-hydrogen) atoms. The Kier molecular flexibility index (Phi) is 14.3. The number of nitrogens with zero attached hydrogens (tertiary/aromatic N) is 2. The second-order valence-electron chi connectivity index (χ2n) is 11.9. The Hall–Kier alpha value is -3.59. The lowest BCUT2D eigenvalue weighted by Gasteiger charge is -2.50. The van der Waals surface area contributed by atoms with Gasteiger partial charge in [-0.15, -0.1) is 0 Å². The monoisotopic (exact) mass is 572 g/mol. The minimum Gasteiger partial charge on any atom is -0.298 e. The molecule has 1 aliphatic heterocycles. The van der Waals surface area contributed by atoms with E-state index < -0.39 is 0 Å². The van der Waals surface area contributed by atoms with E-state index in [0.717, 1.165) is 56.3 Å². The molecule has 0 aliphatic carbocycles. The summed E-state index contributed by atoms with van der Waals surface area (Å²) in [5, 5.41) is 9.87. The summed E-state index contributed by atoms with van der Waals surface area (Å²) in [6, 6.07) is 31.1. The topological polar surface area (TPSA) is 27.0 Å². The molecule has 0 saturated carbocycles. The zero-order chi connectivity index (χ0) is 31.0. The maximum atomic E-state index is 9.87. The van der Waals surface area contributed by atoms with Crippen molar-refractivity contribution in [3.63, 3.8) is 0 Å². The highest BCUT2D eigenvalue weighted by atomic mass is 15.2. The Bertz CT molecular complexity index is 1340. The van der Waals surface area contributed by atoms with Crippen molar-refractivity contribution in [3.05, 3.63) is 119 Å². The van der Waals surface area contributed by atoms with Crippen LogP contribution < -0.4 is 0 Å². The second kappa shape index (κ2) is 18.2. The summed E-state index contributed by atoms with van der Waals surface area (Å²) in [5.74, 6) is 7.54. The van der Waals surface area contributed by atoms with Gasteiger partial charge in [-0.25, -0.2) is 0 Å². The van der Waals surface area contributed by atoms with E-state index >= 15 is 0 Å². The molecule has 0 aromatic heterocycles. The number of hydrogen-bond donors (Lipinski definition) is 0. The average molecular weight is 573 g/mol. The minimum atomic E-state index is 0.0773.